The maximum absolute atomic E-state index is 12.1. The Morgan fingerprint density at radius 1 is 1.17 bits per heavy atom. The van der Waals surface area contributed by atoms with E-state index in [9.17, 15) is 4.79 Å². The second-order valence-electron chi connectivity index (χ2n) is 8.41. The first-order valence-electron chi connectivity index (χ1n) is 10.5. The summed E-state index contributed by atoms with van der Waals surface area (Å²) in [7, 11) is 1.68. The molecule has 1 saturated heterocycles. The summed E-state index contributed by atoms with van der Waals surface area (Å²) in [5.74, 6) is 1.44. The molecule has 29 heavy (non-hydrogen) atoms. The number of benzene rings is 1. The lowest BCUT2D eigenvalue weighted by atomic mass is 10.1. The Balaban J connectivity index is 2.05. The van der Waals surface area contributed by atoms with Crippen LogP contribution in [0.4, 0.5) is 0 Å². The standard InChI is InChI=1S/C22H37N5O2/c1-6-23-21(25-16-20(28)26-22(2,3)4)24-15-19(27-13-7-8-14-27)17-9-11-18(29-5)12-10-17/h9-12,19H,6-8,13-16H2,1-5H3,(H,26,28)(H2,23,24,25). The number of guanidine groups is 1. The lowest BCUT2D eigenvalue weighted by Crippen LogP contribution is -2.44. The molecule has 1 unspecified atom stereocenters. The van der Waals surface area contributed by atoms with Gasteiger partial charge in [0.1, 0.15) is 12.3 Å². The van der Waals surface area contributed by atoms with Crippen molar-refractivity contribution in [3.8, 4) is 5.75 Å². The molecule has 7 nitrogen and oxygen atoms in total. The molecule has 2 rings (SSSR count). The maximum atomic E-state index is 12.1. The summed E-state index contributed by atoms with van der Waals surface area (Å²) in [5, 5.41) is 9.61. The summed E-state index contributed by atoms with van der Waals surface area (Å²) in [6, 6.07) is 8.52. The summed E-state index contributed by atoms with van der Waals surface area (Å²) in [6.45, 7) is 11.7. The molecule has 0 saturated carbocycles. The largest absolute Gasteiger partial charge is 0.497 e. The van der Waals surface area contributed by atoms with E-state index >= 15 is 0 Å². The van der Waals surface area contributed by atoms with Crippen LogP contribution in [0.1, 0.15) is 52.1 Å². The van der Waals surface area contributed by atoms with Gasteiger partial charge in [0.05, 0.1) is 13.2 Å². The van der Waals surface area contributed by atoms with Crippen molar-refractivity contribution in [3.05, 3.63) is 29.8 Å². The van der Waals surface area contributed by atoms with Crippen molar-refractivity contribution in [3.63, 3.8) is 0 Å². The zero-order valence-corrected chi connectivity index (χ0v) is 18.5. The van der Waals surface area contributed by atoms with Crippen LogP contribution < -0.4 is 20.7 Å². The molecule has 1 heterocycles. The number of amides is 1. The van der Waals surface area contributed by atoms with Gasteiger partial charge in [-0.25, -0.2) is 4.99 Å². The third-order valence-corrected chi connectivity index (χ3v) is 4.78. The first-order valence-corrected chi connectivity index (χ1v) is 10.5. The summed E-state index contributed by atoms with van der Waals surface area (Å²) in [5.41, 5.74) is 0.995. The number of nitrogens with zero attached hydrogens (tertiary/aromatic N) is 2. The lowest BCUT2D eigenvalue weighted by Gasteiger charge is -2.29. The minimum atomic E-state index is -0.256. The van der Waals surface area contributed by atoms with Crippen molar-refractivity contribution in [2.75, 3.05) is 39.8 Å². The van der Waals surface area contributed by atoms with E-state index in [2.05, 4.69) is 38.0 Å². The van der Waals surface area contributed by atoms with E-state index in [-0.39, 0.29) is 24.0 Å². The van der Waals surface area contributed by atoms with Crippen LogP contribution in [0, 0.1) is 0 Å². The van der Waals surface area contributed by atoms with Gasteiger partial charge < -0.3 is 20.7 Å². The minimum absolute atomic E-state index is 0.0825. The number of hydrogen-bond acceptors (Lipinski definition) is 4. The number of hydrogen-bond donors (Lipinski definition) is 3. The van der Waals surface area contributed by atoms with E-state index in [0.29, 0.717) is 5.96 Å². The number of carbonyl (C=O) groups is 1. The van der Waals surface area contributed by atoms with E-state index in [1.807, 2.05) is 39.8 Å². The number of aliphatic imine (C=N–C) groups is 1. The molecule has 0 bridgehead atoms. The zero-order chi connectivity index (χ0) is 21.3. The summed E-state index contributed by atoms with van der Waals surface area (Å²) < 4.78 is 5.30. The fraction of sp³-hybridized carbons (Fsp3) is 0.636. The van der Waals surface area contributed by atoms with Crippen LogP contribution in [0.2, 0.25) is 0 Å². The Morgan fingerprint density at radius 3 is 2.38 bits per heavy atom. The van der Waals surface area contributed by atoms with Crippen molar-refractivity contribution in [2.45, 2.75) is 52.1 Å². The number of rotatable bonds is 8. The van der Waals surface area contributed by atoms with Crippen molar-refractivity contribution in [1.82, 2.24) is 20.9 Å². The number of nitrogens with one attached hydrogen (secondary N) is 3. The van der Waals surface area contributed by atoms with E-state index in [0.717, 1.165) is 31.9 Å². The number of likely N-dealkylation sites (tertiary alicyclic amines) is 1. The van der Waals surface area contributed by atoms with Crippen LogP contribution in [0.3, 0.4) is 0 Å². The van der Waals surface area contributed by atoms with Gasteiger partial charge in [0.15, 0.2) is 5.96 Å². The van der Waals surface area contributed by atoms with Crippen molar-refractivity contribution in [2.24, 2.45) is 4.99 Å². The second-order valence-corrected chi connectivity index (χ2v) is 8.41. The Hall–Kier alpha value is -2.28. The molecule has 1 aliphatic rings. The molecule has 7 heteroatoms. The van der Waals surface area contributed by atoms with Crippen LogP contribution in [0.5, 0.6) is 5.75 Å². The molecular weight excluding hydrogens is 366 g/mol. The Kier molecular flexibility index (Phi) is 8.76. The third kappa shape index (κ3) is 7.93. The highest BCUT2D eigenvalue weighted by Gasteiger charge is 2.24. The molecule has 0 spiro atoms. The molecule has 1 amide bonds. The maximum Gasteiger partial charge on any atom is 0.242 e. The van der Waals surface area contributed by atoms with Gasteiger partial charge in [-0.1, -0.05) is 12.1 Å². The second kappa shape index (κ2) is 11.0. The first kappa shape index (κ1) is 23.0. The predicted molar refractivity (Wildman–Crippen MR) is 118 cm³/mol. The zero-order valence-electron chi connectivity index (χ0n) is 18.5. The van der Waals surface area contributed by atoms with Crippen LogP contribution >= 0.6 is 0 Å². The Labute approximate surface area is 175 Å². The van der Waals surface area contributed by atoms with Crippen molar-refractivity contribution < 1.29 is 9.53 Å². The lowest BCUT2D eigenvalue weighted by molar-refractivity contribution is -0.121. The summed E-state index contributed by atoms with van der Waals surface area (Å²) in [4.78, 5) is 19.1. The molecule has 0 aliphatic carbocycles. The van der Waals surface area contributed by atoms with Gasteiger partial charge in [0, 0.05) is 18.6 Å². The molecule has 1 aromatic carbocycles. The quantitative estimate of drug-likeness (QED) is 0.459. The smallest absolute Gasteiger partial charge is 0.242 e. The highest BCUT2D eigenvalue weighted by Crippen LogP contribution is 2.26. The van der Waals surface area contributed by atoms with E-state index in [1.54, 1.807) is 7.11 Å². The molecule has 0 radical (unpaired) electrons. The number of carbonyl (C=O) groups excluding carboxylic acids is 1. The van der Waals surface area contributed by atoms with Gasteiger partial charge in [0.25, 0.3) is 0 Å². The minimum Gasteiger partial charge on any atom is -0.497 e. The summed E-state index contributed by atoms with van der Waals surface area (Å²) >= 11 is 0. The van der Waals surface area contributed by atoms with Crippen LogP contribution in [0.15, 0.2) is 29.3 Å². The van der Waals surface area contributed by atoms with Gasteiger partial charge in [0.2, 0.25) is 5.91 Å². The average molecular weight is 404 g/mol. The number of methoxy groups -OCH3 is 1. The Bertz CT molecular complexity index is 661. The van der Waals surface area contributed by atoms with Crippen molar-refractivity contribution >= 4 is 11.9 Å². The van der Waals surface area contributed by atoms with E-state index in [1.165, 1.54) is 18.4 Å². The number of ether oxygens (including phenoxy) is 1. The Morgan fingerprint density at radius 2 is 1.83 bits per heavy atom. The molecule has 1 aliphatic heterocycles. The van der Waals surface area contributed by atoms with Gasteiger partial charge in [-0.3, -0.25) is 9.69 Å². The fourth-order valence-electron chi connectivity index (χ4n) is 3.48. The molecule has 1 aromatic rings. The fourth-order valence-corrected chi connectivity index (χ4v) is 3.48. The molecule has 0 aromatic heterocycles. The van der Waals surface area contributed by atoms with Crippen LogP contribution in [-0.2, 0) is 4.79 Å². The van der Waals surface area contributed by atoms with E-state index in [4.69, 9.17) is 4.74 Å². The first-order chi connectivity index (χ1) is 13.8. The normalized spacial score (nSPS) is 16.4. The van der Waals surface area contributed by atoms with Gasteiger partial charge in [-0.2, -0.15) is 0 Å². The molecular formula is C22H37N5O2. The van der Waals surface area contributed by atoms with Crippen molar-refractivity contribution in [1.29, 1.82) is 0 Å². The topological polar surface area (TPSA) is 78.0 Å². The molecule has 1 fully saturated rings. The van der Waals surface area contributed by atoms with Gasteiger partial charge in [-0.05, 0) is 71.3 Å². The highest BCUT2D eigenvalue weighted by molar-refractivity contribution is 5.85. The molecule has 162 valence electrons. The third-order valence-electron chi connectivity index (χ3n) is 4.78. The predicted octanol–water partition coefficient (Wildman–Crippen LogP) is 2.30. The highest BCUT2D eigenvalue weighted by atomic mass is 16.5. The average Bonchev–Trinajstić information content (AvgIpc) is 3.19. The van der Waals surface area contributed by atoms with Crippen LogP contribution in [-0.4, -0.2) is 62.1 Å². The van der Waals surface area contributed by atoms with Gasteiger partial charge in [-0.15, -0.1) is 0 Å². The van der Waals surface area contributed by atoms with E-state index < -0.39 is 0 Å². The summed E-state index contributed by atoms with van der Waals surface area (Å²) in [6.07, 6.45) is 2.46. The molecule has 3 N–H and O–H groups in total. The monoisotopic (exact) mass is 403 g/mol. The van der Waals surface area contributed by atoms with Crippen LogP contribution in [0.25, 0.3) is 0 Å². The molecule has 1 atom stereocenters. The van der Waals surface area contributed by atoms with Gasteiger partial charge >= 0.3 is 0 Å². The SMILES string of the molecule is CCNC(=NCC(=O)NC(C)(C)C)NCC(c1ccc(OC)cc1)N1CCCC1.